The van der Waals surface area contributed by atoms with Gasteiger partial charge in [0.25, 0.3) is 11.8 Å². The van der Waals surface area contributed by atoms with Gasteiger partial charge in [-0.25, -0.2) is 19.0 Å². The number of anilines is 1. The van der Waals surface area contributed by atoms with Crippen molar-refractivity contribution in [1.82, 2.24) is 15.2 Å². The number of rotatable bonds is 12. The van der Waals surface area contributed by atoms with Crippen molar-refractivity contribution in [1.29, 1.82) is 0 Å². The molecule has 7 N–H and O–H groups in total. The Bertz CT molecular complexity index is 3860. The minimum absolute atomic E-state index is 0.0274. The van der Waals surface area contributed by atoms with Gasteiger partial charge < -0.3 is 45.2 Å². The van der Waals surface area contributed by atoms with Crippen molar-refractivity contribution in [3.05, 3.63) is 180 Å². The van der Waals surface area contributed by atoms with Crippen LogP contribution in [0.25, 0.3) is 66.8 Å². The first-order valence-electron chi connectivity index (χ1n) is 21.9. The molecule has 0 atom stereocenters. The Morgan fingerprint density at radius 1 is 0.611 bits per heavy atom. The van der Waals surface area contributed by atoms with E-state index >= 15 is 0 Å². The highest BCUT2D eigenvalue weighted by Gasteiger charge is 2.30. The van der Waals surface area contributed by atoms with Crippen LogP contribution in [0.15, 0.2) is 129 Å². The molecule has 0 radical (unpaired) electrons. The van der Waals surface area contributed by atoms with Gasteiger partial charge in [0, 0.05) is 81.6 Å². The predicted octanol–water partition coefficient (Wildman–Crippen LogP) is 9.12. The quantitative estimate of drug-likeness (QED) is 0.0446. The monoisotopic (exact) mass is 1010 g/mol. The number of nitrogens with one attached hydrogen (secondary N) is 3. The SMILES string of the molecule is CNc1ccc2c(-c3c(Cl)cc(C(=O)NCc4ccc(C(=O)NCc5c(O)ccc6c(-c7ccc(C(=O)O)cc7C(=O)O)c7ccc(=O)cc-7oc56)cc4)c(Cl)c3C(=O)O)c3ccc(=[N+](C)C)cc-3oc2c1. The Kier molecular flexibility index (Phi) is 12.7. The Morgan fingerprint density at radius 3 is 1.97 bits per heavy atom. The van der Waals surface area contributed by atoms with Crippen LogP contribution in [0.1, 0.15) is 62.9 Å². The molecular weight excluding hydrogens is 968 g/mol. The molecule has 0 saturated heterocycles. The van der Waals surface area contributed by atoms with Crippen molar-refractivity contribution in [2.45, 2.75) is 13.1 Å². The predicted molar refractivity (Wildman–Crippen MR) is 271 cm³/mol. The van der Waals surface area contributed by atoms with Crippen LogP contribution in [0.3, 0.4) is 0 Å². The fourth-order valence-corrected chi connectivity index (χ4v) is 9.27. The zero-order chi connectivity index (χ0) is 51.3. The van der Waals surface area contributed by atoms with Crippen molar-refractivity contribution in [2.24, 2.45) is 0 Å². The molecule has 0 unspecified atom stereocenters. The fraction of sp³-hybridized carbons (Fsp3) is 0.0926. The number of carbonyl (C=O) groups excluding carboxylic acids is 2. The summed E-state index contributed by atoms with van der Waals surface area (Å²) in [5, 5.41) is 51.3. The summed E-state index contributed by atoms with van der Waals surface area (Å²) < 4.78 is 14.4. The van der Waals surface area contributed by atoms with Crippen molar-refractivity contribution in [3.63, 3.8) is 0 Å². The van der Waals surface area contributed by atoms with Gasteiger partial charge in [-0.15, -0.1) is 0 Å². The van der Waals surface area contributed by atoms with Crippen LogP contribution in [0, 0.1) is 0 Å². The molecule has 0 aromatic heterocycles. The van der Waals surface area contributed by atoms with Gasteiger partial charge in [0.05, 0.1) is 50.5 Å². The maximum Gasteiger partial charge on any atom is 0.337 e. The van der Waals surface area contributed by atoms with Gasteiger partial charge in [0.15, 0.2) is 5.43 Å². The number of halogens is 2. The van der Waals surface area contributed by atoms with Crippen molar-refractivity contribution >= 4 is 80.6 Å². The van der Waals surface area contributed by atoms with Gasteiger partial charge >= 0.3 is 17.9 Å². The number of hydrogen-bond acceptors (Lipinski definition) is 10. The Labute approximate surface area is 417 Å². The molecule has 16 nitrogen and oxygen atoms in total. The van der Waals surface area contributed by atoms with E-state index in [1.165, 1.54) is 60.7 Å². The molecule has 18 heteroatoms. The summed E-state index contributed by atoms with van der Waals surface area (Å²) in [5.74, 6) is -5.23. The minimum atomic E-state index is -1.42. The van der Waals surface area contributed by atoms with E-state index in [0.29, 0.717) is 44.4 Å². The van der Waals surface area contributed by atoms with Crippen molar-refractivity contribution in [2.75, 3.05) is 26.5 Å². The number of carbonyl (C=O) groups is 5. The normalized spacial score (nSPS) is 11.2. The number of benzene rings is 7. The minimum Gasteiger partial charge on any atom is -0.507 e. The maximum atomic E-state index is 13.8. The van der Waals surface area contributed by atoms with Crippen molar-refractivity contribution in [3.8, 4) is 50.7 Å². The third-order valence-electron chi connectivity index (χ3n) is 12.2. The number of carboxylic acid groups (broad SMARTS) is 3. The van der Waals surface area contributed by atoms with E-state index in [1.54, 1.807) is 31.3 Å². The molecule has 9 rings (SSSR count). The molecule has 2 aliphatic heterocycles. The summed E-state index contributed by atoms with van der Waals surface area (Å²) >= 11 is 13.8. The van der Waals surface area contributed by atoms with Gasteiger partial charge in [-0.3, -0.25) is 14.4 Å². The molecule has 360 valence electrons. The zero-order valence-electron chi connectivity index (χ0n) is 38.1. The summed E-state index contributed by atoms with van der Waals surface area (Å²) in [5.41, 5.74) is 2.34. The average Bonchev–Trinajstić information content (AvgIpc) is 3.36. The highest BCUT2D eigenvalue weighted by atomic mass is 35.5. The molecule has 4 aliphatic rings. The van der Waals surface area contributed by atoms with Crippen LogP contribution < -0.4 is 31.3 Å². The fourth-order valence-electron chi connectivity index (χ4n) is 8.65. The summed E-state index contributed by atoms with van der Waals surface area (Å²) in [6.45, 7) is -0.359. The number of aromatic carboxylic acids is 3. The van der Waals surface area contributed by atoms with E-state index in [9.17, 15) is 49.2 Å². The van der Waals surface area contributed by atoms with Gasteiger partial charge in [-0.1, -0.05) is 41.4 Å². The van der Waals surface area contributed by atoms with Crippen LogP contribution >= 0.6 is 23.2 Å². The highest BCUT2D eigenvalue weighted by Crippen LogP contribution is 2.47. The molecule has 5 aromatic carbocycles. The highest BCUT2D eigenvalue weighted by molar-refractivity contribution is 6.41. The molecule has 2 amide bonds. The first kappa shape index (κ1) is 48.1. The largest absolute Gasteiger partial charge is 0.507 e. The van der Waals surface area contributed by atoms with Crippen molar-refractivity contribution < 1.29 is 53.2 Å². The van der Waals surface area contributed by atoms with E-state index in [2.05, 4.69) is 16.0 Å². The number of nitrogens with zero attached hydrogens (tertiary/aromatic N) is 1. The number of fused-ring (bicyclic) bond motifs is 4. The lowest BCUT2D eigenvalue weighted by Gasteiger charge is -2.20. The standard InChI is InChI=1S/C54H38Cl2N4O12/c1-57-28-9-13-33-41(19-28)71-42-20-29(60(2)3)10-14-34(42)45(33)46-39(55)22-37(48(56)47(46)54(69)70)51(64)58-23-25-4-6-26(7-5-25)50(63)59-24-38-40(62)17-16-35-44(32-15-11-30(61)21-43(32)72-49(35)38)31-12-8-27(52(65)66)18-36(31)53(67)68/h4-22H,23-24H2,1-3H3,(H6,58,59,61,62,63,64,65,66,67,68,69,70)/p+1. The lowest BCUT2D eigenvalue weighted by Crippen LogP contribution is -2.25. The molecule has 0 fully saturated rings. The van der Waals surface area contributed by atoms with Crippen LogP contribution in [0.2, 0.25) is 10.0 Å². The number of aromatic hydroxyl groups is 1. The topological polar surface area (TPSA) is 249 Å². The molecular formula is C54H39Cl2N4O12+. The molecule has 2 heterocycles. The second kappa shape index (κ2) is 19.1. The molecule has 72 heavy (non-hydrogen) atoms. The smallest absolute Gasteiger partial charge is 0.337 e. The van der Waals surface area contributed by atoms with Gasteiger partial charge in [-0.05, 0) is 83.9 Å². The zero-order valence-corrected chi connectivity index (χ0v) is 39.7. The van der Waals surface area contributed by atoms with E-state index in [0.717, 1.165) is 17.1 Å². The third kappa shape index (κ3) is 8.80. The molecule has 5 aromatic rings. The van der Waals surface area contributed by atoms with E-state index in [1.807, 2.05) is 42.9 Å². The Hall–Kier alpha value is -8.99. The van der Waals surface area contributed by atoms with Crippen LogP contribution in [-0.2, 0) is 13.1 Å². The van der Waals surface area contributed by atoms with Gasteiger partial charge in [0.2, 0.25) is 5.36 Å². The van der Waals surface area contributed by atoms with E-state index in [4.69, 9.17) is 32.0 Å². The first-order chi connectivity index (χ1) is 34.4. The molecule has 0 saturated carbocycles. The van der Waals surface area contributed by atoms with Gasteiger partial charge in [0.1, 0.15) is 42.5 Å². The number of phenols is 1. The van der Waals surface area contributed by atoms with E-state index in [-0.39, 0.29) is 90.3 Å². The van der Waals surface area contributed by atoms with Gasteiger partial charge in [-0.2, -0.15) is 0 Å². The summed E-state index contributed by atoms with van der Waals surface area (Å²) in [4.78, 5) is 77.1. The second-order valence-electron chi connectivity index (χ2n) is 16.8. The lowest BCUT2D eigenvalue weighted by molar-refractivity contribution is 0.0682. The van der Waals surface area contributed by atoms with Crippen LogP contribution in [0.5, 0.6) is 5.75 Å². The average molecular weight is 1010 g/mol. The summed E-state index contributed by atoms with van der Waals surface area (Å²) in [6, 6.07) is 28.8. The molecule has 2 aliphatic carbocycles. The van der Waals surface area contributed by atoms with Crippen LogP contribution in [0.4, 0.5) is 5.69 Å². The number of carboxylic acids is 3. The Morgan fingerprint density at radius 2 is 1.28 bits per heavy atom. The number of amides is 2. The second-order valence-corrected chi connectivity index (χ2v) is 17.6. The number of phenolic OH excluding ortho intramolecular Hbond substituents is 1. The van der Waals surface area contributed by atoms with Crippen LogP contribution in [-0.4, -0.2) is 71.3 Å². The first-order valence-corrected chi connectivity index (χ1v) is 22.6. The molecule has 0 bridgehead atoms. The van der Waals surface area contributed by atoms with E-state index < -0.39 is 35.2 Å². The summed E-state index contributed by atoms with van der Waals surface area (Å²) in [7, 11) is 5.52. The maximum absolute atomic E-state index is 13.8. The summed E-state index contributed by atoms with van der Waals surface area (Å²) in [6.07, 6.45) is 0. The number of hydrogen-bond donors (Lipinski definition) is 7. The Balaban J connectivity index is 0.970. The molecule has 0 spiro atoms. The lowest BCUT2D eigenvalue weighted by atomic mass is 9.89. The third-order valence-corrected chi connectivity index (χ3v) is 12.9.